The van der Waals surface area contributed by atoms with E-state index in [4.69, 9.17) is 18.9 Å². The second-order valence-electron chi connectivity index (χ2n) is 13.5. The number of rotatable bonds is 2. The first-order valence-electron chi connectivity index (χ1n) is 18.1. The summed E-state index contributed by atoms with van der Waals surface area (Å²) in [6.45, 7) is 3.40. The summed E-state index contributed by atoms with van der Waals surface area (Å²) < 4.78 is 53.7. The van der Waals surface area contributed by atoms with Crippen molar-refractivity contribution in [2.24, 2.45) is 0 Å². The van der Waals surface area contributed by atoms with E-state index < -0.39 is 10.0 Å². The number of ether oxygens (including phenoxy) is 4. The molecule has 9 nitrogen and oxygen atoms in total. The van der Waals surface area contributed by atoms with Crippen LogP contribution >= 0.6 is 0 Å². The van der Waals surface area contributed by atoms with Crippen molar-refractivity contribution in [2.45, 2.75) is 37.5 Å². The Balaban J connectivity index is 1.27. The second kappa shape index (κ2) is 16.4. The number of fused-ring (bicyclic) bond motifs is 12. The molecule has 0 saturated heterocycles. The van der Waals surface area contributed by atoms with Gasteiger partial charge in [0.2, 0.25) is 10.0 Å². The number of phenols is 2. The van der Waals surface area contributed by atoms with Gasteiger partial charge in [-0.1, -0.05) is 90.5 Å². The molecular weight excluding hydrogens is 691 g/mol. The first-order chi connectivity index (χ1) is 25.8. The minimum absolute atomic E-state index is 0.139. The number of para-hydroxylation sites is 4. The lowest BCUT2D eigenvalue weighted by molar-refractivity contribution is 0.0743. The molecule has 1 aliphatic carbocycles. The molecule has 5 aromatic carbocycles. The highest BCUT2D eigenvalue weighted by Gasteiger charge is 2.25. The third-order valence-electron chi connectivity index (χ3n) is 9.86. The van der Waals surface area contributed by atoms with Crippen LogP contribution in [0.3, 0.4) is 0 Å². The van der Waals surface area contributed by atoms with Gasteiger partial charge in [-0.05, 0) is 63.6 Å². The van der Waals surface area contributed by atoms with Crippen LogP contribution in [0.25, 0.3) is 0 Å². The predicted octanol–water partition coefficient (Wildman–Crippen LogP) is 6.58. The number of phenolic OH excluding ortho intramolecular Hbond substituents is 2. The Morgan fingerprint density at radius 2 is 0.849 bits per heavy atom. The lowest BCUT2D eigenvalue weighted by Crippen LogP contribution is -2.37. The Morgan fingerprint density at radius 1 is 0.491 bits per heavy atom. The summed E-state index contributed by atoms with van der Waals surface area (Å²) in [5, 5.41) is 23.3. The lowest BCUT2D eigenvalue weighted by Gasteiger charge is -2.23. The lowest BCUT2D eigenvalue weighted by atomic mass is 9.91. The zero-order chi connectivity index (χ0) is 36.8. The van der Waals surface area contributed by atoms with Gasteiger partial charge in [0.05, 0.1) is 31.3 Å². The van der Waals surface area contributed by atoms with E-state index in [0.717, 1.165) is 50.1 Å². The summed E-state index contributed by atoms with van der Waals surface area (Å²) in [7, 11) is -3.80. The first-order valence-corrected chi connectivity index (χ1v) is 19.5. The van der Waals surface area contributed by atoms with Crippen molar-refractivity contribution < 1.29 is 37.6 Å². The second-order valence-corrected chi connectivity index (χ2v) is 15.4. The van der Waals surface area contributed by atoms with Crippen molar-refractivity contribution in [1.29, 1.82) is 0 Å². The molecule has 2 heterocycles. The minimum atomic E-state index is -3.80. The Kier molecular flexibility index (Phi) is 11.3. The molecule has 0 atom stereocenters. The first kappa shape index (κ1) is 36.5. The molecule has 0 saturated carbocycles. The van der Waals surface area contributed by atoms with Crippen LogP contribution in [0.15, 0.2) is 102 Å². The average molecular weight is 736 g/mol. The maximum Gasteiger partial charge on any atom is 0.243 e. The van der Waals surface area contributed by atoms with Crippen LogP contribution in [0.5, 0.6) is 23.0 Å². The standard InChI is InChI=1S/C43H45NO8S/c1-30-14-16-39(17-15-30)53(47,48)44-18-20-49-22-24-51-42-35-10-4-12-37(42)28-33-8-3-9-34(41(33)46)29-38-13-5-11-36(43(38)52-25-23-50-21-19-44)27-32-7-2-6-31(26-35)40(32)45/h2-17,45-46H,18-29H2,1H3. The molecule has 0 fully saturated rings. The normalized spacial score (nSPS) is 16.2. The highest BCUT2D eigenvalue weighted by Crippen LogP contribution is 2.38. The number of nitrogens with zero attached hydrogens (tertiary/aromatic N) is 1. The zero-order valence-electron chi connectivity index (χ0n) is 29.9. The Morgan fingerprint density at radius 3 is 1.23 bits per heavy atom. The van der Waals surface area contributed by atoms with Gasteiger partial charge < -0.3 is 29.2 Å². The van der Waals surface area contributed by atoms with E-state index in [1.54, 1.807) is 24.3 Å². The fourth-order valence-electron chi connectivity index (χ4n) is 7.04. The Labute approximate surface area is 311 Å². The van der Waals surface area contributed by atoms with Crippen molar-refractivity contribution in [3.8, 4) is 23.0 Å². The zero-order valence-corrected chi connectivity index (χ0v) is 30.7. The topological polar surface area (TPSA) is 115 Å². The smallest absolute Gasteiger partial charge is 0.243 e. The van der Waals surface area contributed by atoms with Crippen molar-refractivity contribution in [3.63, 3.8) is 0 Å². The highest BCUT2D eigenvalue weighted by atomic mass is 32.2. The molecular formula is C43H45NO8S. The van der Waals surface area contributed by atoms with Crippen LogP contribution in [0.1, 0.15) is 50.1 Å². The number of aromatic hydroxyl groups is 2. The van der Waals surface area contributed by atoms with Gasteiger partial charge in [-0.15, -0.1) is 0 Å². The summed E-state index contributed by atoms with van der Waals surface area (Å²) in [6.07, 6.45) is 1.68. The molecule has 0 amide bonds. The van der Waals surface area contributed by atoms with Crippen molar-refractivity contribution >= 4 is 10.0 Å². The summed E-state index contributed by atoms with van der Waals surface area (Å²) >= 11 is 0. The number of aryl methyl sites for hydroxylation is 1. The van der Waals surface area contributed by atoms with Crippen molar-refractivity contribution in [3.05, 3.63) is 147 Å². The third-order valence-corrected chi connectivity index (χ3v) is 11.8. The maximum absolute atomic E-state index is 13.7. The molecule has 0 spiro atoms. The average Bonchev–Trinajstić information content (AvgIpc) is 3.14. The van der Waals surface area contributed by atoms with Crippen molar-refractivity contribution in [1.82, 2.24) is 4.31 Å². The SMILES string of the molecule is Cc1ccc(S(=O)(=O)N2CCOCCOc3c4cccc3Cc3cccc(c3O)Cc3cccc(c3OCCOCC2)Cc2cccc(c2O)C4)cc1. The predicted molar refractivity (Wildman–Crippen MR) is 203 cm³/mol. The molecule has 10 heteroatoms. The molecule has 2 aliphatic heterocycles. The summed E-state index contributed by atoms with van der Waals surface area (Å²) in [6, 6.07) is 30.4. The maximum atomic E-state index is 13.7. The third kappa shape index (κ3) is 8.36. The molecule has 2 N–H and O–H groups in total. The monoisotopic (exact) mass is 735 g/mol. The fourth-order valence-corrected chi connectivity index (χ4v) is 8.45. The number of hydrogen-bond donors (Lipinski definition) is 2. The molecule has 5 aromatic rings. The van der Waals surface area contributed by atoms with Gasteiger partial charge in [0.1, 0.15) is 36.2 Å². The van der Waals surface area contributed by atoms with E-state index >= 15 is 0 Å². The number of benzene rings is 5. The van der Waals surface area contributed by atoms with Crippen LogP contribution in [0, 0.1) is 6.92 Å². The largest absolute Gasteiger partial charge is 0.507 e. The van der Waals surface area contributed by atoms with Crippen LogP contribution in [-0.2, 0) is 45.2 Å². The highest BCUT2D eigenvalue weighted by molar-refractivity contribution is 7.89. The van der Waals surface area contributed by atoms with Gasteiger partial charge in [0.25, 0.3) is 0 Å². The van der Waals surface area contributed by atoms with Gasteiger partial charge in [0.15, 0.2) is 0 Å². The Bertz CT molecular complexity index is 1960. The fraction of sp³-hybridized carbons (Fsp3) is 0.302. The number of sulfonamides is 1. The van der Waals surface area contributed by atoms with E-state index in [1.165, 1.54) is 4.31 Å². The molecule has 53 heavy (non-hydrogen) atoms. The summed E-state index contributed by atoms with van der Waals surface area (Å²) in [5.41, 5.74) is 7.60. The quantitative estimate of drug-likeness (QED) is 0.192. The number of hydrogen-bond acceptors (Lipinski definition) is 8. The molecule has 276 valence electrons. The van der Waals surface area contributed by atoms with E-state index in [2.05, 4.69) is 0 Å². The van der Waals surface area contributed by atoms with E-state index in [-0.39, 0.29) is 69.1 Å². The molecule has 8 rings (SSSR count). The molecule has 0 unspecified atom stereocenters. The molecule has 3 aliphatic rings. The molecule has 10 bridgehead atoms. The van der Waals surface area contributed by atoms with E-state index in [1.807, 2.05) is 79.7 Å². The summed E-state index contributed by atoms with van der Waals surface area (Å²) in [5.74, 6) is 1.80. The Hall–Kier alpha value is -4.87. The van der Waals surface area contributed by atoms with Gasteiger partial charge in [-0.2, -0.15) is 4.31 Å². The molecule has 0 radical (unpaired) electrons. The summed E-state index contributed by atoms with van der Waals surface area (Å²) in [4.78, 5) is 0.220. The van der Waals surface area contributed by atoms with Gasteiger partial charge in [-0.25, -0.2) is 8.42 Å². The van der Waals surface area contributed by atoms with Crippen LogP contribution < -0.4 is 9.47 Å². The van der Waals surface area contributed by atoms with Crippen LogP contribution in [0.4, 0.5) is 0 Å². The van der Waals surface area contributed by atoms with Gasteiger partial charge >= 0.3 is 0 Å². The van der Waals surface area contributed by atoms with Gasteiger partial charge in [0, 0.05) is 38.8 Å². The van der Waals surface area contributed by atoms with E-state index in [9.17, 15) is 18.6 Å². The van der Waals surface area contributed by atoms with Crippen LogP contribution in [0.2, 0.25) is 0 Å². The van der Waals surface area contributed by atoms with Crippen LogP contribution in [-0.4, -0.2) is 75.7 Å². The minimum Gasteiger partial charge on any atom is -0.507 e. The van der Waals surface area contributed by atoms with Gasteiger partial charge in [-0.3, -0.25) is 0 Å². The molecule has 0 aromatic heterocycles. The van der Waals surface area contributed by atoms with Crippen molar-refractivity contribution in [2.75, 3.05) is 52.7 Å². The van der Waals surface area contributed by atoms with E-state index in [0.29, 0.717) is 37.2 Å².